The minimum Gasteiger partial charge on any atom is -0.497 e. The van der Waals surface area contributed by atoms with Crippen molar-refractivity contribution in [2.75, 3.05) is 33.3 Å². The number of hydrogen-bond acceptors (Lipinski definition) is 6. The summed E-state index contributed by atoms with van der Waals surface area (Å²) < 4.78 is 10.1. The van der Waals surface area contributed by atoms with Crippen molar-refractivity contribution in [3.05, 3.63) is 59.5 Å². The minimum atomic E-state index is -0.105. The van der Waals surface area contributed by atoms with E-state index in [-0.39, 0.29) is 11.8 Å². The van der Waals surface area contributed by atoms with E-state index in [9.17, 15) is 9.59 Å². The van der Waals surface area contributed by atoms with Gasteiger partial charge in [0.05, 0.1) is 18.9 Å². The van der Waals surface area contributed by atoms with Crippen LogP contribution in [0.1, 0.15) is 20.8 Å². The molecule has 0 bridgehead atoms. The normalized spacial score (nSPS) is 14.2. The van der Waals surface area contributed by atoms with Crippen molar-refractivity contribution in [2.24, 2.45) is 0 Å². The fourth-order valence-electron chi connectivity index (χ4n) is 3.08. The summed E-state index contributed by atoms with van der Waals surface area (Å²) in [5.74, 6) is 0.599. The van der Waals surface area contributed by atoms with Crippen molar-refractivity contribution in [2.45, 2.75) is 0 Å². The van der Waals surface area contributed by atoms with Crippen LogP contribution in [0.5, 0.6) is 5.75 Å². The van der Waals surface area contributed by atoms with E-state index in [1.54, 1.807) is 28.4 Å². The van der Waals surface area contributed by atoms with Crippen LogP contribution in [0, 0.1) is 0 Å². The molecule has 0 N–H and O–H groups in total. The number of hydrogen-bond donors (Lipinski definition) is 0. The number of carbonyl (C=O) groups is 2. The van der Waals surface area contributed by atoms with E-state index in [4.69, 9.17) is 9.15 Å². The summed E-state index contributed by atoms with van der Waals surface area (Å²) in [6, 6.07) is 9.23. The monoisotopic (exact) mass is 397 g/mol. The van der Waals surface area contributed by atoms with Crippen LogP contribution < -0.4 is 4.74 Å². The first-order valence-electron chi connectivity index (χ1n) is 8.86. The van der Waals surface area contributed by atoms with Crippen LogP contribution in [0.3, 0.4) is 0 Å². The third kappa shape index (κ3) is 3.63. The lowest BCUT2D eigenvalue weighted by atomic mass is 10.2. The topological polar surface area (TPSA) is 75.9 Å². The summed E-state index contributed by atoms with van der Waals surface area (Å²) in [6.07, 6.45) is 2.92. The summed E-state index contributed by atoms with van der Waals surface area (Å²) in [5.41, 5.74) is 1.91. The second-order valence-electron chi connectivity index (χ2n) is 6.36. The van der Waals surface area contributed by atoms with Crippen LogP contribution >= 0.6 is 11.3 Å². The van der Waals surface area contributed by atoms with Crippen molar-refractivity contribution in [1.29, 1.82) is 0 Å². The predicted molar refractivity (Wildman–Crippen MR) is 105 cm³/mol. The van der Waals surface area contributed by atoms with Crippen molar-refractivity contribution in [1.82, 2.24) is 14.8 Å². The molecule has 1 fully saturated rings. The average molecular weight is 397 g/mol. The lowest BCUT2D eigenvalue weighted by Gasteiger charge is -2.34. The molecule has 1 aromatic carbocycles. The Morgan fingerprint density at radius 1 is 1.04 bits per heavy atom. The highest BCUT2D eigenvalue weighted by Crippen LogP contribution is 2.26. The Hall–Kier alpha value is -3.13. The van der Waals surface area contributed by atoms with Gasteiger partial charge in [-0.05, 0) is 30.3 Å². The molecule has 0 radical (unpaired) electrons. The quantitative estimate of drug-likeness (QED) is 0.676. The third-order valence-electron chi connectivity index (χ3n) is 4.68. The first kappa shape index (κ1) is 18.2. The highest BCUT2D eigenvalue weighted by Gasteiger charge is 2.27. The zero-order chi connectivity index (χ0) is 19.5. The number of piperazine rings is 1. The van der Waals surface area contributed by atoms with Crippen LogP contribution in [-0.4, -0.2) is 59.9 Å². The van der Waals surface area contributed by atoms with Gasteiger partial charge in [0.2, 0.25) is 0 Å². The van der Waals surface area contributed by atoms with Gasteiger partial charge in [-0.1, -0.05) is 0 Å². The Kier molecular flexibility index (Phi) is 5.12. The van der Waals surface area contributed by atoms with Gasteiger partial charge in [-0.15, -0.1) is 11.3 Å². The number of ether oxygens (including phenoxy) is 1. The Morgan fingerprint density at radius 2 is 1.71 bits per heavy atom. The van der Waals surface area contributed by atoms with E-state index in [1.807, 2.05) is 24.3 Å². The average Bonchev–Trinajstić information content (AvgIpc) is 3.45. The molecule has 3 heterocycles. The number of nitrogens with zero attached hydrogens (tertiary/aromatic N) is 3. The fourth-order valence-corrected chi connectivity index (χ4v) is 3.88. The first-order valence-corrected chi connectivity index (χ1v) is 9.74. The van der Waals surface area contributed by atoms with E-state index in [0.29, 0.717) is 37.4 Å². The van der Waals surface area contributed by atoms with Crippen LogP contribution in [0.15, 0.2) is 52.7 Å². The van der Waals surface area contributed by atoms with E-state index in [1.165, 1.54) is 23.9 Å². The molecule has 0 saturated carbocycles. The molecule has 0 spiro atoms. The lowest BCUT2D eigenvalue weighted by Crippen LogP contribution is -2.50. The van der Waals surface area contributed by atoms with Crippen molar-refractivity contribution < 1.29 is 18.7 Å². The Bertz CT molecular complexity index is 958. The molecule has 28 heavy (non-hydrogen) atoms. The van der Waals surface area contributed by atoms with Gasteiger partial charge in [0, 0.05) is 37.1 Å². The van der Waals surface area contributed by atoms with Gasteiger partial charge in [0.15, 0.2) is 0 Å². The number of methoxy groups -OCH3 is 1. The molecule has 8 heteroatoms. The van der Waals surface area contributed by atoms with E-state index in [2.05, 4.69) is 4.98 Å². The predicted octanol–water partition coefficient (Wildman–Crippen LogP) is 3.01. The number of aromatic nitrogens is 1. The minimum absolute atomic E-state index is 0.0729. The fraction of sp³-hybridized carbons (Fsp3) is 0.250. The highest BCUT2D eigenvalue weighted by molar-refractivity contribution is 7.13. The number of benzene rings is 1. The molecule has 4 rings (SSSR count). The maximum absolute atomic E-state index is 12.8. The zero-order valence-electron chi connectivity index (χ0n) is 15.3. The summed E-state index contributed by atoms with van der Waals surface area (Å²) in [6.45, 7) is 1.95. The van der Waals surface area contributed by atoms with Crippen molar-refractivity contribution in [3.8, 4) is 16.3 Å². The lowest BCUT2D eigenvalue weighted by molar-refractivity contribution is 0.0532. The van der Waals surface area contributed by atoms with Crippen molar-refractivity contribution in [3.63, 3.8) is 0 Å². The number of thiazole rings is 1. The number of rotatable bonds is 4. The van der Waals surface area contributed by atoms with Gasteiger partial charge in [-0.2, -0.15) is 0 Å². The molecule has 1 aliphatic rings. The SMILES string of the molecule is COc1ccc(-c2nc(C(=O)N3CCN(C(=O)c4ccoc4)CC3)cs2)cc1. The molecule has 0 aliphatic carbocycles. The Labute approximate surface area is 166 Å². The molecular formula is C20H19N3O4S. The Balaban J connectivity index is 1.39. The molecule has 1 saturated heterocycles. The maximum Gasteiger partial charge on any atom is 0.273 e. The summed E-state index contributed by atoms with van der Waals surface area (Å²) >= 11 is 1.44. The van der Waals surface area contributed by atoms with Gasteiger partial charge in [0.25, 0.3) is 11.8 Å². The largest absolute Gasteiger partial charge is 0.497 e. The molecule has 2 aromatic heterocycles. The van der Waals surface area contributed by atoms with Crippen LogP contribution in [-0.2, 0) is 0 Å². The standard InChI is InChI=1S/C20H19N3O4S/c1-26-16-4-2-14(3-5-16)18-21-17(13-28-18)20(25)23-9-7-22(8-10-23)19(24)15-6-11-27-12-15/h2-6,11-13H,7-10H2,1H3. The van der Waals surface area contributed by atoms with E-state index >= 15 is 0 Å². The van der Waals surface area contributed by atoms with Gasteiger partial charge in [-0.25, -0.2) is 4.98 Å². The van der Waals surface area contributed by atoms with Crippen LogP contribution in [0.4, 0.5) is 0 Å². The number of amides is 2. The van der Waals surface area contributed by atoms with Crippen LogP contribution in [0.2, 0.25) is 0 Å². The summed E-state index contributed by atoms with van der Waals surface area (Å²) in [7, 11) is 1.62. The van der Waals surface area contributed by atoms with Gasteiger partial charge < -0.3 is 19.0 Å². The molecule has 3 aromatic rings. The smallest absolute Gasteiger partial charge is 0.273 e. The number of furan rings is 1. The maximum atomic E-state index is 12.8. The Morgan fingerprint density at radius 3 is 2.32 bits per heavy atom. The second-order valence-corrected chi connectivity index (χ2v) is 7.22. The van der Waals surface area contributed by atoms with Gasteiger partial charge in [-0.3, -0.25) is 9.59 Å². The van der Waals surface area contributed by atoms with Gasteiger partial charge >= 0.3 is 0 Å². The van der Waals surface area contributed by atoms with E-state index in [0.717, 1.165) is 16.3 Å². The highest BCUT2D eigenvalue weighted by atomic mass is 32.1. The molecule has 0 atom stereocenters. The van der Waals surface area contributed by atoms with Crippen LogP contribution in [0.25, 0.3) is 10.6 Å². The molecule has 7 nitrogen and oxygen atoms in total. The molecule has 0 unspecified atom stereocenters. The summed E-state index contributed by atoms with van der Waals surface area (Å²) in [5, 5.41) is 2.57. The van der Waals surface area contributed by atoms with Gasteiger partial charge in [0.1, 0.15) is 22.7 Å². The first-order chi connectivity index (χ1) is 13.7. The third-order valence-corrected chi connectivity index (χ3v) is 5.57. The zero-order valence-corrected chi connectivity index (χ0v) is 16.1. The van der Waals surface area contributed by atoms with Crippen molar-refractivity contribution >= 4 is 23.2 Å². The summed E-state index contributed by atoms with van der Waals surface area (Å²) in [4.78, 5) is 33.1. The molecule has 1 aliphatic heterocycles. The molecule has 2 amide bonds. The second kappa shape index (κ2) is 7.85. The van der Waals surface area contributed by atoms with E-state index < -0.39 is 0 Å². The molecule has 144 valence electrons. The number of carbonyl (C=O) groups excluding carboxylic acids is 2. The molecular weight excluding hydrogens is 378 g/mol.